The Kier molecular flexibility index (Phi) is 7.00. The highest BCUT2D eigenvalue weighted by molar-refractivity contribution is 6.04. The van der Waals surface area contributed by atoms with Crippen LogP contribution < -0.4 is 21.1 Å². The first-order chi connectivity index (χ1) is 18.1. The number of anilines is 2. The van der Waals surface area contributed by atoms with Crippen LogP contribution in [0.3, 0.4) is 0 Å². The van der Waals surface area contributed by atoms with Crippen LogP contribution in [0.4, 0.5) is 16.2 Å². The lowest BCUT2D eigenvalue weighted by Crippen LogP contribution is -2.35. The normalized spacial score (nSPS) is 11.1. The number of carbonyl (C=O) groups excluding carboxylic acids is 2. The number of hydrogen-bond acceptors (Lipinski definition) is 5. The third-order valence-electron chi connectivity index (χ3n) is 6.50. The molecule has 0 aliphatic heterocycles. The molecule has 3 amide bonds. The van der Waals surface area contributed by atoms with E-state index in [0.717, 1.165) is 11.1 Å². The summed E-state index contributed by atoms with van der Waals surface area (Å²) in [4.78, 5) is 44.6. The molecule has 0 bridgehead atoms. The van der Waals surface area contributed by atoms with Crippen LogP contribution in [0.5, 0.6) is 0 Å². The summed E-state index contributed by atoms with van der Waals surface area (Å²) in [6.45, 7) is 5.46. The van der Waals surface area contributed by atoms with Gasteiger partial charge < -0.3 is 10.6 Å². The van der Waals surface area contributed by atoms with Gasteiger partial charge in [0.15, 0.2) is 0 Å². The van der Waals surface area contributed by atoms with Crippen LogP contribution in [0, 0.1) is 18.3 Å². The van der Waals surface area contributed by atoms with Gasteiger partial charge >= 0.3 is 6.03 Å². The van der Waals surface area contributed by atoms with Crippen LogP contribution >= 0.6 is 0 Å². The zero-order valence-electron chi connectivity index (χ0n) is 21.9. The Morgan fingerprint density at radius 1 is 1.08 bits per heavy atom. The molecule has 1 heterocycles. The molecule has 2 N–H and O–H groups in total. The van der Waals surface area contributed by atoms with E-state index in [1.807, 2.05) is 19.1 Å². The first-order valence-corrected chi connectivity index (χ1v) is 12.0. The lowest BCUT2D eigenvalue weighted by Gasteiger charge is -2.19. The van der Waals surface area contributed by atoms with Crippen molar-refractivity contribution in [3.63, 3.8) is 0 Å². The molecule has 9 heteroatoms. The number of nitrogens with zero attached hydrogens (tertiary/aromatic N) is 4. The standard InChI is InChI=1S/C29H28N6O3/c1-18-12-13-21(33-26(36)19-8-6-9-20(14-19)29(2,3)16-30)15-24(18)35-17-32-25-22(27(35)37)10-7-11-23(25)34(5)28(38)31-4/h6-15,17H,1-5H3,(H,31,38)(H,33,36). The summed E-state index contributed by atoms with van der Waals surface area (Å²) in [5.74, 6) is -0.332. The SMILES string of the molecule is CNC(=O)N(C)c1cccc2c(=O)n(-c3cc(NC(=O)c4cccc(C(C)(C)C#N)c4)ccc3C)cnc12. The van der Waals surface area contributed by atoms with Crippen molar-refractivity contribution in [3.8, 4) is 11.8 Å². The number of nitrogens with one attached hydrogen (secondary N) is 2. The number of hydrogen-bond donors (Lipinski definition) is 2. The first kappa shape index (κ1) is 26.1. The topological polar surface area (TPSA) is 120 Å². The van der Waals surface area contributed by atoms with Crippen molar-refractivity contribution >= 4 is 34.2 Å². The van der Waals surface area contributed by atoms with Crippen molar-refractivity contribution in [1.29, 1.82) is 5.26 Å². The minimum atomic E-state index is -0.730. The van der Waals surface area contributed by atoms with Crippen LogP contribution in [-0.2, 0) is 5.41 Å². The molecule has 0 fully saturated rings. The molecule has 0 aliphatic rings. The smallest absolute Gasteiger partial charge is 0.321 e. The maximum Gasteiger partial charge on any atom is 0.321 e. The minimum Gasteiger partial charge on any atom is -0.341 e. The molecule has 9 nitrogen and oxygen atoms in total. The number of fused-ring (bicyclic) bond motifs is 1. The van der Waals surface area contributed by atoms with Crippen LogP contribution in [0.25, 0.3) is 16.6 Å². The van der Waals surface area contributed by atoms with Gasteiger partial charge in [-0.15, -0.1) is 0 Å². The number of rotatable bonds is 5. The van der Waals surface area contributed by atoms with Crippen molar-refractivity contribution in [2.45, 2.75) is 26.2 Å². The van der Waals surface area contributed by atoms with E-state index in [9.17, 15) is 19.6 Å². The Morgan fingerprint density at radius 2 is 1.82 bits per heavy atom. The van der Waals surface area contributed by atoms with E-state index < -0.39 is 5.41 Å². The van der Waals surface area contributed by atoms with E-state index in [-0.39, 0.29) is 17.5 Å². The van der Waals surface area contributed by atoms with Gasteiger partial charge in [-0.3, -0.25) is 19.1 Å². The Balaban J connectivity index is 1.71. The molecule has 192 valence electrons. The van der Waals surface area contributed by atoms with Gasteiger partial charge in [-0.1, -0.05) is 24.3 Å². The number of urea groups is 1. The second-order valence-corrected chi connectivity index (χ2v) is 9.48. The van der Waals surface area contributed by atoms with Gasteiger partial charge in [-0.2, -0.15) is 5.26 Å². The Hall–Kier alpha value is -4.97. The summed E-state index contributed by atoms with van der Waals surface area (Å²) < 4.78 is 1.42. The van der Waals surface area contributed by atoms with E-state index in [4.69, 9.17) is 0 Å². The molecular formula is C29H28N6O3. The fourth-order valence-corrected chi connectivity index (χ4v) is 4.12. The van der Waals surface area contributed by atoms with Gasteiger partial charge in [-0.25, -0.2) is 9.78 Å². The average molecular weight is 509 g/mol. The molecular weight excluding hydrogens is 480 g/mol. The van der Waals surface area contributed by atoms with E-state index >= 15 is 0 Å². The van der Waals surface area contributed by atoms with E-state index in [1.165, 1.54) is 22.8 Å². The molecule has 1 aromatic heterocycles. The molecule has 3 aromatic carbocycles. The van der Waals surface area contributed by atoms with Crippen LogP contribution in [-0.4, -0.2) is 35.6 Å². The number of aryl methyl sites for hydroxylation is 1. The summed E-state index contributed by atoms with van der Waals surface area (Å²) >= 11 is 0. The fourth-order valence-electron chi connectivity index (χ4n) is 4.12. The zero-order valence-corrected chi connectivity index (χ0v) is 21.9. The molecule has 4 aromatic rings. The van der Waals surface area contributed by atoms with E-state index in [1.54, 1.807) is 69.4 Å². The number of aromatic nitrogens is 2. The van der Waals surface area contributed by atoms with Crippen molar-refractivity contribution in [2.24, 2.45) is 0 Å². The summed E-state index contributed by atoms with van der Waals surface area (Å²) in [7, 11) is 3.14. The zero-order chi connectivity index (χ0) is 27.6. The highest BCUT2D eigenvalue weighted by Gasteiger charge is 2.21. The maximum absolute atomic E-state index is 13.5. The molecule has 0 radical (unpaired) electrons. The quantitative estimate of drug-likeness (QED) is 0.411. The van der Waals surface area contributed by atoms with Crippen molar-refractivity contribution < 1.29 is 9.59 Å². The predicted octanol–water partition coefficient (Wildman–Crippen LogP) is 4.52. The molecule has 0 aliphatic carbocycles. The van der Waals surface area contributed by atoms with Gasteiger partial charge in [0, 0.05) is 25.3 Å². The lowest BCUT2D eigenvalue weighted by atomic mass is 9.85. The number of amides is 3. The second kappa shape index (κ2) is 10.2. The number of nitriles is 1. The summed E-state index contributed by atoms with van der Waals surface area (Å²) in [5.41, 5.74) is 2.91. The predicted molar refractivity (Wildman–Crippen MR) is 148 cm³/mol. The molecule has 38 heavy (non-hydrogen) atoms. The van der Waals surface area contributed by atoms with E-state index in [2.05, 4.69) is 21.7 Å². The van der Waals surface area contributed by atoms with Crippen LogP contribution in [0.15, 0.2) is 71.8 Å². The average Bonchev–Trinajstić information content (AvgIpc) is 2.93. The molecule has 0 saturated heterocycles. The Morgan fingerprint density at radius 3 is 2.53 bits per heavy atom. The lowest BCUT2D eigenvalue weighted by molar-refractivity contribution is 0.102. The molecule has 0 saturated carbocycles. The fraction of sp³-hybridized carbons (Fsp3) is 0.207. The summed E-state index contributed by atoms with van der Waals surface area (Å²) in [6, 6.07) is 19.3. The molecule has 4 rings (SSSR count). The summed E-state index contributed by atoms with van der Waals surface area (Å²) in [5, 5.41) is 15.2. The first-order valence-electron chi connectivity index (χ1n) is 12.0. The Bertz CT molecular complexity index is 1670. The van der Waals surface area contributed by atoms with Gasteiger partial charge in [-0.05, 0) is 68.3 Å². The Labute approximate surface area is 220 Å². The van der Waals surface area contributed by atoms with Gasteiger partial charge in [0.25, 0.3) is 11.5 Å². The largest absolute Gasteiger partial charge is 0.341 e. The van der Waals surface area contributed by atoms with Crippen molar-refractivity contribution in [3.05, 3.63) is 94.0 Å². The number of carbonyl (C=O) groups is 2. The molecule has 0 unspecified atom stereocenters. The molecule has 0 spiro atoms. The summed E-state index contributed by atoms with van der Waals surface area (Å²) in [6.07, 6.45) is 1.42. The van der Waals surface area contributed by atoms with Crippen molar-refractivity contribution in [2.75, 3.05) is 24.3 Å². The second-order valence-electron chi connectivity index (χ2n) is 9.48. The van der Waals surface area contributed by atoms with Crippen LogP contribution in [0.1, 0.15) is 35.3 Å². The van der Waals surface area contributed by atoms with Gasteiger partial charge in [0.1, 0.15) is 11.8 Å². The minimum absolute atomic E-state index is 0.305. The molecule has 0 atom stereocenters. The van der Waals surface area contributed by atoms with Crippen molar-refractivity contribution in [1.82, 2.24) is 14.9 Å². The van der Waals surface area contributed by atoms with Crippen LogP contribution in [0.2, 0.25) is 0 Å². The highest BCUT2D eigenvalue weighted by atomic mass is 16.2. The van der Waals surface area contributed by atoms with Gasteiger partial charge in [0.2, 0.25) is 0 Å². The third-order valence-corrected chi connectivity index (χ3v) is 6.50. The monoisotopic (exact) mass is 508 g/mol. The number of benzene rings is 3. The third kappa shape index (κ3) is 4.84. The number of para-hydroxylation sites is 1. The maximum atomic E-state index is 13.5. The van der Waals surface area contributed by atoms with Gasteiger partial charge in [0.05, 0.1) is 28.2 Å². The van der Waals surface area contributed by atoms with E-state index in [0.29, 0.717) is 33.5 Å². The highest BCUT2D eigenvalue weighted by Crippen LogP contribution is 2.25.